The second-order valence-corrected chi connectivity index (χ2v) is 6.75. The number of aryl methyl sites for hydroxylation is 1. The van der Waals surface area contributed by atoms with E-state index in [0.717, 1.165) is 35.9 Å². The second kappa shape index (κ2) is 7.25. The average Bonchev–Trinajstić information content (AvgIpc) is 3.27. The number of nitrogens with one attached hydrogen (secondary N) is 1. The monoisotopic (exact) mass is 342 g/mol. The van der Waals surface area contributed by atoms with Crippen LogP contribution in [0.4, 0.5) is 0 Å². The summed E-state index contributed by atoms with van der Waals surface area (Å²) in [5.41, 5.74) is 2.71. The van der Waals surface area contributed by atoms with Gasteiger partial charge in [0, 0.05) is 25.0 Å². The van der Waals surface area contributed by atoms with Crippen molar-refractivity contribution in [2.45, 2.75) is 45.1 Å². The lowest BCUT2D eigenvalue weighted by molar-refractivity contribution is -0.121. The molecule has 1 fully saturated rings. The molecule has 6 heteroatoms. The van der Waals surface area contributed by atoms with Crippen LogP contribution < -0.4 is 5.32 Å². The third-order valence-corrected chi connectivity index (χ3v) is 5.04. The van der Waals surface area contributed by atoms with Crippen LogP contribution in [0.3, 0.4) is 0 Å². The Bertz CT molecular complexity index is 790. The van der Waals surface area contributed by atoms with Gasteiger partial charge in [0.15, 0.2) is 0 Å². The maximum atomic E-state index is 12.7. The van der Waals surface area contributed by atoms with E-state index in [0.29, 0.717) is 11.6 Å². The Morgan fingerprint density at radius 2 is 2.04 bits per heavy atom. The molecule has 1 aliphatic carbocycles. The molecule has 6 nitrogen and oxygen atoms in total. The Balaban J connectivity index is 1.96. The maximum absolute atomic E-state index is 12.7. The number of amides is 2. The van der Waals surface area contributed by atoms with Crippen LogP contribution >= 0.6 is 0 Å². The maximum Gasteiger partial charge on any atom is 0.254 e. The minimum atomic E-state index is -0.179. The molecule has 0 aliphatic heterocycles. The molecule has 2 aromatic rings. The predicted molar refractivity (Wildman–Crippen MR) is 97.6 cm³/mol. The van der Waals surface area contributed by atoms with E-state index in [9.17, 15) is 9.59 Å². The Labute approximate surface area is 148 Å². The molecule has 1 heterocycles. The lowest BCUT2D eigenvalue weighted by Gasteiger charge is -2.17. The fraction of sp³-hybridized carbons (Fsp3) is 0.526. The summed E-state index contributed by atoms with van der Waals surface area (Å²) in [5, 5.41) is 8.49. The van der Waals surface area contributed by atoms with Gasteiger partial charge in [0.2, 0.25) is 5.91 Å². The number of fused-ring (bicyclic) bond motifs is 1. The van der Waals surface area contributed by atoms with E-state index < -0.39 is 0 Å². The van der Waals surface area contributed by atoms with Crippen molar-refractivity contribution in [1.82, 2.24) is 20.0 Å². The van der Waals surface area contributed by atoms with Gasteiger partial charge in [0.1, 0.15) is 0 Å². The zero-order valence-corrected chi connectivity index (χ0v) is 15.2. The number of benzene rings is 1. The molecule has 25 heavy (non-hydrogen) atoms. The van der Waals surface area contributed by atoms with Gasteiger partial charge in [-0.1, -0.05) is 25.8 Å². The van der Waals surface area contributed by atoms with Gasteiger partial charge in [-0.05, 0) is 31.4 Å². The fourth-order valence-electron chi connectivity index (χ4n) is 3.61. The highest BCUT2D eigenvalue weighted by Crippen LogP contribution is 2.33. The van der Waals surface area contributed by atoms with Crippen molar-refractivity contribution in [2.24, 2.45) is 0 Å². The zero-order valence-electron chi connectivity index (χ0n) is 15.2. The average molecular weight is 342 g/mol. The fourth-order valence-corrected chi connectivity index (χ4v) is 3.61. The minimum Gasteiger partial charge on any atom is -0.358 e. The number of carbonyl (C=O) groups is 2. The molecule has 0 bridgehead atoms. The lowest BCUT2D eigenvalue weighted by atomic mass is 10.1. The van der Waals surface area contributed by atoms with Crippen LogP contribution in [0.1, 0.15) is 54.7 Å². The first-order valence-electron chi connectivity index (χ1n) is 9.02. The van der Waals surface area contributed by atoms with Crippen LogP contribution in [0.5, 0.6) is 0 Å². The van der Waals surface area contributed by atoms with E-state index in [2.05, 4.69) is 16.9 Å². The Kier molecular flexibility index (Phi) is 5.06. The van der Waals surface area contributed by atoms with E-state index in [1.165, 1.54) is 17.7 Å². The Morgan fingerprint density at radius 3 is 2.68 bits per heavy atom. The highest BCUT2D eigenvalue weighted by Gasteiger charge is 2.22. The van der Waals surface area contributed by atoms with Crippen molar-refractivity contribution in [3.05, 3.63) is 29.5 Å². The third-order valence-electron chi connectivity index (χ3n) is 5.04. The van der Waals surface area contributed by atoms with Crippen molar-refractivity contribution >= 4 is 22.7 Å². The van der Waals surface area contributed by atoms with E-state index in [-0.39, 0.29) is 18.4 Å². The smallest absolute Gasteiger partial charge is 0.254 e. The number of carbonyl (C=O) groups excluding carboxylic acids is 2. The second-order valence-electron chi connectivity index (χ2n) is 6.75. The molecular formula is C19H26N4O2. The summed E-state index contributed by atoms with van der Waals surface area (Å²) in [6.07, 6.45) is 5.64. The summed E-state index contributed by atoms with van der Waals surface area (Å²) < 4.78 is 2.12. The van der Waals surface area contributed by atoms with Gasteiger partial charge in [-0.3, -0.25) is 14.3 Å². The number of likely N-dealkylation sites (N-methyl/N-ethyl adjacent to an activating group) is 2. The summed E-state index contributed by atoms with van der Waals surface area (Å²) in [4.78, 5) is 25.6. The largest absolute Gasteiger partial charge is 0.358 e. The van der Waals surface area contributed by atoms with E-state index in [1.807, 2.05) is 18.2 Å². The number of rotatable bonds is 5. The van der Waals surface area contributed by atoms with Crippen LogP contribution in [-0.4, -0.2) is 47.1 Å². The summed E-state index contributed by atoms with van der Waals surface area (Å²) >= 11 is 0. The zero-order chi connectivity index (χ0) is 18.0. The molecule has 0 saturated heterocycles. The molecule has 134 valence electrons. The van der Waals surface area contributed by atoms with Gasteiger partial charge in [0.25, 0.3) is 5.91 Å². The highest BCUT2D eigenvalue weighted by atomic mass is 16.2. The molecule has 3 rings (SSSR count). The van der Waals surface area contributed by atoms with Crippen molar-refractivity contribution in [3.63, 3.8) is 0 Å². The lowest BCUT2D eigenvalue weighted by Crippen LogP contribution is -2.36. The van der Waals surface area contributed by atoms with Crippen LogP contribution in [0.2, 0.25) is 0 Å². The van der Waals surface area contributed by atoms with Gasteiger partial charge in [0.05, 0.1) is 23.8 Å². The Morgan fingerprint density at radius 1 is 1.32 bits per heavy atom. The van der Waals surface area contributed by atoms with Gasteiger partial charge in [-0.25, -0.2) is 0 Å². The van der Waals surface area contributed by atoms with Gasteiger partial charge < -0.3 is 10.2 Å². The summed E-state index contributed by atoms with van der Waals surface area (Å²) in [5.74, 6) is -0.330. The number of aromatic nitrogens is 2. The molecule has 0 atom stereocenters. The molecule has 1 saturated carbocycles. The molecule has 1 aromatic heterocycles. The quantitative estimate of drug-likeness (QED) is 0.908. The SMILES string of the molecule is CCc1nn(C2CCCC2)c2cc(C(=O)N(C)CC(=O)NC)ccc12. The van der Waals surface area contributed by atoms with Crippen LogP contribution in [0.15, 0.2) is 18.2 Å². The molecule has 0 radical (unpaired) electrons. The van der Waals surface area contributed by atoms with Crippen molar-refractivity contribution < 1.29 is 9.59 Å². The van der Waals surface area contributed by atoms with Gasteiger partial charge in [-0.2, -0.15) is 5.10 Å². The van der Waals surface area contributed by atoms with Crippen LogP contribution in [-0.2, 0) is 11.2 Å². The summed E-state index contributed by atoms with van der Waals surface area (Å²) in [7, 11) is 3.21. The number of nitrogens with zero attached hydrogens (tertiary/aromatic N) is 3. The van der Waals surface area contributed by atoms with Crippen LogP contribution in [0, 0.1) is 0 Å². The highest BCUT2D eigenvalue weighted by molar-refractivity contribution is 5.99. The topological polar surface area (TPSA) is 67.2 Å². The molecule has 0 spiro atoms. The molecule has 2 amide bonds. The molecule has 1 N–H and O–H groups in total. The predicted octanol–water partition coefficient (Wildman–Crippen LogP) is 2.53. The van der Waals surface area contributed by atoms with E-state index in [1.54, 1.807) is 14.1 Å². The van der Waals surface area contributed by atoms with Gasteiger partial charge >= 0.3 is 0 Å². The molecule has 1 aliphatic rings. The summed E-state index contributed by atoms with van der Waals surface area (Å²) in [6.45, 7) is 2.16. The first-order chi connectivity index (χ1) is 12.0. The molecule has 1 aromatic carbocycles. The number of hydrogen-bond donors (Lipinski definition) is 1. The molecule has 0 unspecified atom stereocenters. The van der Waals surface area contributed by atoms with Crippen molar-refractivity contribution in [3.8, 4) is 0 Å². The van der Waals surface area contributed by atoms with Crippen molar-refractivity contribution in [1.29, 1.82) is 0 Å². The first-order valence-corrected chi connectivity index (χ1v) is 9.02. The van der Waals surface area contributed by atoms with E-state index in [4.69, 9.17) is 5.10 Å². The molecular weight excluding hydrogens is 316 g/mol. The Hall–Kier alpha value is -2.37. The standard InChI is InChI=1S/C19H26N4O2/c1-4-16-15-10-9-13(19(25)22(3)12-18(24)20-2)11-17(15)23(21-16)14-7-5-6-8-14/h9-11,14H,4-8,12H2,1-3H3,(H,20,24). The van der Waals surface area contributed by atoms with Crippen LogP contribution in [0.25, 0.3) is 10.9 Å². The normalized spacial score (nSPS) is 14.8. The van der Waals surface area contributed by atoms with Gasteiger partial charge in [-0.15, -0.1) is 0 Å². The summed E-state index contributed by atoms with van der Waals surface area (Å²) in [6, 6.07) is 6.19. The third kappa shape index (κ3) is 3.38. The minimum absolute atomic E-state index is 0.0511. The van der Waals surface area contributed by atoms with Crippen molar-refractivity contribution in [2.75, 3.05) is 20.6 Å². The number of hydrogen-bond acceptors (Lipinski definition) is 3. The first kappa shape index (κ1) is 17.5. The van der Waals surface area contributed by atoms with E-state index >= 15 is 0 Å².